The van der Waals surface area contributed by atoms with Crippen molar-refractivity contribution < 1.29 is 9.53 Å². The van der Waals surface area contributed by atoms with Crippen molar-refractivity contribution in [3.05, 3.63) is 10.9 Å². The monoisotopic (exact) mass is 280 g/mol. The third-order valence-electron chi connectivity index (χ3n) is 2.65. The molecule has 2 N–H and O–H groups in total. The molecular formula is C12H16N4O2S. The first-order valence-electron chi connectivity index (χ1n) is 5.85. The molecule has 19 heavy (non-hydrogen) atoms. The predicted molar refractivity (Wildman–Crippen MR) is 76.8 cm³/mol. The number of nitrogens with one attached hydrogen (secondary N) is 2. The van der Waals surface area contributed by atoms with Crippen LogP contribution in [0.5, 0.6) is 0 Å². The van der Waals surface area contributed by atoms with Crippen LogP contribution in [0.2, 0.25) is 0 Å². The highest BCUT2D eigenvalue weighted by atomic mass is 32.1. The van der Waals surface area contributed by atoms with E-state index in [1.54, 1.807) is 25.3 Å². The Hall–Kier alpha value is -1.89. The maximum absolute atomic E-state index is 11.5. The van der Waals surface area contributed by atoms with Gasteiger partial charge in [0.25, 0.3) is 0 Å². The van der Waals surface area contributed by atoms with Crippen molar-refractivity contribution >= 4 is 39.3 Å². The summed E-state index contributed by atoms with van der Waals surface area (Å²) in [5.41, 5.74) is 0. The van der Waals surface area contributed by atoms with Gasteiger partial charge in [0.05, 0.1) is 12.5 Å². The molecule has 1 unspecified atom stereocenters. The number of anilines is 2. The number of aromatic nitrogens is 2. The van der Waals surface area contributed by atoms with Gasteiger partial charge in [-0.15, -0.1) is 11.3 Å². The summed E-state index contributed by atoms with van der Waals surface area (Å²) in [6, 6.07) is 1.54. The first-order valence-corrected chi connectivity index (χ1v) is 6.67. The first kappa shape index (κ1) is 13.5. The standard InChI is InChI=1S/C12H16N4O2S/c1-6-5-8-9(14-7(2)11(17)18-4)15-12(13-3)16-10(8)19-6/h5,7H,1-4H3,(H2,13,14,15,16). The highest BCUT2D eigenvalue weighted by molar-refractivity contribution is 7.18. The van der Waals surface area contributed by atoms with Gasteiger partial charge in [-0.25, -0.2) is 9.78 Å². The summed E-state index contributed by atoms with van der Waals surface area (Å²) in [6.07, 6.45) is 0. The molecule has 0 spiro atoms. The number of thiophene rings is 1. The van der Waals surface area contributed by atoms with E-state index in [-0.39, 0.29) is 5.97 Å². The Morgan fingerprint density at radius 3 is 2.84 bits per heavy atom. The topological polar surface area (TPSA) is 76.1 Å². The zero-order chi connectivity index (χ0) is 14.0. The number of aryl methyl sites for hydroxylation is 1. The molecule has 6 nitrogen and oxygen atoms in total. The van der Waals surface area contributed by atoms with E-state index in [0.717, 1.165) is 15.1 Å². The third kappa shape index (κ3) is 2.76. The summed E-state index contributed by atoms with van der Waals surface area (Å²) >= 11 is 1.59. The SMILES string of the molecule is CNc1nc(NC(C)C(=O)OC)c2cc(C)sc2n1. The van der Waals surface area contributed by atoms with Gasteiger partial charge in [0.1, 0.15) is 16.7 Å². The van der Waals surface area contributed by atoms with Crippen LogP contribution in [-0.2, 0) is 9.53 Å². The van der Waals surface area contributed by atoms with E-state index in [1.807, 2.05) is 13.0 Å². The van der Waals surface area contributed by atoms with Gasteiger partial charge in [-0.2, -0.15) is 4.98 Å². The molecule has 0 bridgehead atoms. The van der Waals surface area contributed by atoms with Crippen LogP contribution in [0.25, 0.3) is 10.2 Å². The van der Waals surface area contributed by atoms with Crippen molar-refractivity contribution in [1.82, 2.24) is 9.97 Å². The molecule has 7 heteroatoms. The van der Waals surface area contributed by atoms with Gasteiger partial charge in [-0.05, 0) is 19.9 Å². The number of ether oxygens (including phenoxy) is 1. The van der Waals surface area contributed by atoms with Crippen LogP contribution < -0.4 is 10.6 Å². The number of methoxy groups -OCH3 is 1. The molecule has 0 aliphatic heterocycles. The maximum atomic E-state index is 11.5. The fourth-order valence-corrected chi connectivity index (χ4v) is 2.58. The second-order valence-corrected chi connectivity index (χ2v) is 5.35. The number of carbonyl (C=O) groups excluding carboxylic acids is 1. The lowest BCUT2D eigenvalue weighted by Gasteiger charge is -2.13. The number of hydrogen-bond donors (Lipinski definition) is 2. The zero-order valence-electron chi connectivity index (χ0n) is 11.3. The second kappa shape index (κ2) is 5.40. The lowest BCUT2D eigenvalue weighted by Crippen LogP contribution is -2.27. The van der Waals surface area contributed by atoms with E-state index in [2.05, 4.69) is 20.6 Å². The molecule has 0 saturated carbocycles. The molecular weight excluding hydrogens is 264 g/mol. The fourth-order valence-electron chi connectivity index (χ4n) is 1.70. The summed E-state index contributed by atoms with van der Waals surface area (Å²) in [5, 5.41) is 6.89. The molecule has 0 aromatic carbocycles. The van der Waals surface area contributed by atoms with Gasteiger partial charge >= 0.3 is 5.97 Å². The van der Waals surface area contributed by atoms with Crippen molar-refractivity contribution in [1.29, 1.82) is 0 Å². The molecule has 2 aromatic heterocycles. The van der Waals surface area contributed by atoms with Gasteiger partial charge in [0, 0.05) is 11.9 Å². The molecule has 0 amide bonds. The molecule has 1 atom stereocenters. The molecule has 0 fully saturated rings. The third-order valence-corrected chi connectivity index (χ3v) is 3.59. The maximum Gasteiger partial charge on any atom is 0.328 e. The van der Waals surface area contributed by atoms with Crippen LogP contribution in [0.1, 0.15) is 11.8 Å². The number of fused-ring (bicyclic) bond motifs is 1. The van der Waals surface area contributed by atoms with Crippen LogP contribution in [0.15, 0.2) is 6.07 Å². The number of hydrogen-bond acceptors (Lipinski definition) is 7. The number of rotatable bonds is 4. The summed E-state index contributed by atoms with van der Waals surface area (Å²) < 4.78 is 4.70. The van der Waals surface area contributed by atoms with E-state index in [9.17, 15) is 4.79 Å². The summed E-state index contributed by atoms with van der Waals surface area (Å²) in [5.74, 6) is 0.829. The largest absolute Gasteiger partial charge is 0.467 e. The molecule has 0 aliphatic carbocycles. The predicted octanol–water partition coefficient (Wildman–Crippen LogP) is 2.01. The molecule has 2 heterocycles. The van der Waals surface area contributed by atoms with Gasteiger partial charge < -0.3 is 15.4 Å². The first-order chi connectivity index (χ1) is 9.05. The van der Waals surface area contributed by atoms with E-state index in [4.69, 9.17) is 4.74 Å². The molecule has 0 saturated heterocycles. The van der Waals surface area contributed by atoms with Gasteiger partial charge in [0.15, 0.2) is 0 Å². The Morgan fingerprint density at radius 2 is 2.21 bits per heavy atom. The molecule has 0 aliphatic rings. The van der Waals surface area contributed by atoms with E-state index in [1.165, 1.54) is 7.11 Å². The van der Waals surface area contributed by atoms with Crippen LogP contribution in [0, 0.1) is 6.92 Å². The summed E-state index contributed by atoms with van der Waals surface area (Å²) in [6.45, 7) is 3.75. The van der Waals surface area contributed by atoms with Crippen LogP contribution >= 0.6 is 11.3 Å². The quantitative estimate of drug-likeness (QED) is 0.834. The van der Waals surface area contributed by atoms with Crippen LogP contribution in [-0.4, -0.2) is 36.1 Å². The van der Waals surface area contributed by atoms with Gasteiger partial charge in [-0.3, -0.25) is 0 Å². The van der Waals surface area contributed by atoms with E-state index in [0.29, 0.717) is 11.8 Å². The summed E-state index contributed by atoms with van der Waals surface area (Å²) in [4.78, 5) is 22.2. The van der Waals surface area contributed by atoms with Crippen molar-refractivity contribution in [2.45, 2.75) is 19.9 Å². The fraction of sp³-hybridized carbons (Fsp3) is 0.417. The van der Waals surface area contributed by atoms with Crippen LogP contribution in [0.3, 0.4) is 0 Å². The minimum absolute atomic E-state index is 0.329. The van der Waals surface area contributed by atoms with E-state index < -0.39 is 6.04 Å². The van der Waals surface area contributed by atoms with Crippen LogP contribution in [0.4, 0.5) is 11.8 Å². The van der Waals surface area contributed by atoms with Crippen molar-refractivity contribution in [2.75, 3.05) is 24.8 Å². The Kier molecular flexibility index (Phi) is 3.84. The normalized spacial score (nSPS) is 12.2. The lowest BCUT2D eigenvalue weighted by molar-refractivity contribution is -0.141. The molecule has 2 aromatic rings. The number of nitrogens with zero attached hydrogens (tertiary/aromatic N) is 2. The Bertz CT molecular complexity index is 611. The average molecular weight is 280 g/mol. The minimum Gasteiger partial charge on any atom is -0.467 e. The van der Waals surface area contributed by atoms with Crippen molar-refractivity contribution in [3.8, 4) is 0 Å². The zero-order valence-corrected chi connectivity index (χ0v) is 12.1. The smallest absolute Gasteiger partial charge is 0.328 e. The van der Waals surface area contributed by atoms with Gasteiger partial charge in [-0.1, -0.05) is 0 Å². The number of esters is 1. The van der Waals surface area contributed by atoms with E-state index >= 15 is 0 Å². The Balaban J connectivity index is 2.42. The average Bonchev–Trinajstić information content (AvgIpc) is 2.77. The summed E-state index contributed by atoms with van der Waals surface area (Å²) in [7, 11) is 3.12. The van der Waals surface area contributed by atoms with Gasteiger partial charge in [0.2, 0.25) is 5.95 Å². The molecule has 2 rings (SSSR count). The Labute approximate surface area is 115 Å². The molecule has 0 radical (unpaired) electrons. The van der Waals surface area contributed by atoms with Crippen molar-refractivity contribution in [3.63, 3.8) is 0 Å². The van der Waals surface area contributed by atoms with Crippen molar-refractivity contribution in [2.24, 2.45) is 0 Å². The minimum atomic E-state index is -0.465. The lowest BCUT2D eigenvalue weighted by atomic mass is 10.3. The second-order valence-electron chi connectivity index (χ2n) is 4.11. The molecule has 102 valence electrons. The highest BCUT2D eigenvalue weighted by Crippen LogP contribution is 2.29. The highest BCUT2D eigenvalue weighted by Gasteiger charge is 2.17. The Morgan fingerprint density at radius 1 is 1.47 bits per heavy atom. The number of carbonyl (C=O) groups is 1.